The highest BCUT2D eigenvalue weighted by atomic mass is 35.5. The highest BCUT2D eigenvalue weighted by Crippen LogP contribution is 2.14. The van der Waals surface area contributed by atoms with Crippen LogP contribution in [0.5, 0.6) is 0 Å². The predicted molar refractivity (Wildman–Crippen MR) is 77.9 cm³/mol. The summed E-state index contributed by atoms with van der Waals surface area (Å²) in [4.78, 5) is 0. The van der Waals surface area contributed by atoms with Crippen molar-refractivity contribution in [1.82, 2.24) is 5.32 Å². The number of benzene rings is 2. The first-order chi connectivity index (χ1) is 8.75. The van der Waals surface area contributed by atoms with Crippen LogP contribution in [0, 0.1) is 0 Å². The van der Waals surface area contributed by atoms with Crippen molar-refractivity contribution in [3.05, 3.63) is 70.7 Å². The van der Waals surface area contributed by atoms with Gasteiger partial charge in [0.1, 0.15) is 0 Å². The van der Waals surface area contributed by atoms with E-state index in [-0.39, 0.29) is 12.4 Å². The second-order valence-electron chi connectivity index (χ2n) is 4.56. The molecule has 2 aromatic rings. The third kappa shape index (κ3) is 5.23. The second-order valence-corrected chi connectivity index (χ2v) is 4.97. The molecular formula is C16H18Cl2N-. The van der Waals surface area contributed by atoms with Gasteiger partial charge in [0.25, 0.3) is 0 Å². The lowest BCUT2D eigenvalue weighted by Gasteiger charge is -2.14. The molecule has 0 aromatic heterocycles. The van der Waals surface area contributed by atoms with E-state index in [4.69, 9.17) is 11.6 Å². The molecule has 0 aliphatic rings. The van der Waals surface area contributed by atoms with Gasteiger partial charge in [0.15, 0.2) is 0 Å². The van der Waals surface area contributed by atoms with Crippen LogP contribution in [0.15, 0.2) is 54.6 Å². The zero-order valence-corrected chi connectivity index (χ0v) is 12.5. The Balaban J connectivity index is 0.00000180. The van der Waals surface area contributed by atoms with Gasteiger partial charge in [0.2, 0.25) is 0 Å². The largest absolute Gasteiger partial charge is 1.00 e. The van der Waals surface area contributed by atoms with Gasteiger partial charge in [-0.2, -0.15) is 0 Å². The van der Waals surface area contributed by atoms with Crippen LogP contribution in [0.25, 0.3) is 0 Å². The van der Waals surface area contributed by atoms with Gasteiger partial charge < -0.3 is 17.7 Å². The van der Waals surface area contributed by atoms with E-state index in [2.05, 4.69) is 42.6 Å². The molecular weight excluding hydrogens is 277 g/mol. The molecule has 19 heavy (non-hydrogen) atoms. The van der Waals surface area contributed by atoms with Crippen LogP contribution in [0.1, 0.15) is 18.1 Å². The van der Waals surface area contributed by atoms with E-state index in [0.29, 0.717) is 6.04 Å². The molecule has 0 fully saturated rings. The summed E-state index contributed by atoms with van der Waals surface area (Å²) in [6.07, 6.45) is 1.03. The van der Waals surface area contributed by atoms with Gasteiger partial charge in [-0.15, -0.1) is 0 Å². The maximum Gasteiger partial charge on any atom is 0.0450 e. The molecule has 0 radical (unpaired) electrons. The molecule has 0 bridgehead atoms. The molecule has 1 atom stereocenters. The van der Waals surface area contributed by atoms with Gasteiger partial charge >= 0.3 is 0 Å². The molecule has 1 nitrogen and oxygen atoms in total. The topological polar surface area (TPSA) is 12.0 Å². The maximum atomic E-state index is 6.13. The number of nitrogens with one attached hydrogen (secondary N) is 1. The van der Waals surface area contributed by atoms with Crippen molar-refractivity contribution in [3.8, 4) is 0 Å². The Kier molecular flexibility index (Phi) is 6.93. The van der Waals surface area contributed by atoms with E-state index >= 15 is 0 Å². The quantitative estimate of drug-likeness (QED) is 0.870. The average Bonchev–Trinajstić information content (AvgIpc) is 2.39. The van der Waals surface area contributed by atoms with Gasteiger partial charge in [0.05, 0.1) is 0 Å². The van der Waals surface area contributed by atoms with Crippen molar-refractivity contribution in [2.24, 2.45) is 0 Å². The van der Waals surface area contributed by atoms with Crippen LogP contribution >= 0.6 is 11.6 Å². The van der Waals surface area contributed by atoms with E-state index in [1.165, 1.54) is 5.56 Å². The highest BCUT2D eigenvalue weighted by Gasteiger charge is 2.04. The SMILES string of the molecule is CC(Cc1ccccc1)NCc1ccccc1Cl.[Cl-]. The maximum absolute atomic E-state index is 6.13. The molecule has 1 N–H and O–H groups in total. The Labute approximate surface area is 126 Å². The van der Waals surface area contributed by atoms with Crippen LogP contribution in [0.3, 0.4) is 0 Å². The van der Waals surface area contributed by atoms with Crippen molar-refractivity contribution in [2.45, 2.75) is 25.9 Å². The minimum Gasteiger partial charge on any atom is -1.00 e. The van der Waals surface area contributed by atoms with Crippen LogP contribution < -0.4 is 17.7 Å². The summed E-state index contributed by atoms with van der Waals surface area (Å²) in [5.41, 5.74) is 2.51. The van der Waals surface area contributed by atoms with Crippen molar-refractivity contribution < 1.29 is 12.4 Å². The van der Waals surface area contributed by atoms with E-state index in [0.717, 1.165) is 23.6 Å². The standard InChI is InChI=1S/C16H18ClN.ClH/c1-13(11-14-7-3-2-4-8-14)18-12-15-9-5-6-10-16(15)17;/h2-10,13,18H,11-12H2,1H3;1H/p-1. The first-order valence-corrected chi connectivity index (χ1v) is 6.64. The fourth-order valence-corrected chi connectivity index (χ4v) is 2.17. The van der Waals surface area contributed by atoms with Crippen LogP contribution in [0.4, 0.5) is 0 Å². The molecule has 0 saturated carbocycles. The minimum atomic E-state index is 0. The van der Waals surface area contributed by atoms with E-state index in [1.54, 1.807) is 0 Å². The second kappa shape index (κ2) is 8.21. The normalized spacial score (nSPS) is 11.7. The zero-order chi connectivity index (χ0) is 12.8. The molecule has 1 unspecified atom stereocenters. The Morgan fingerprint density at radius 1 is 1.00 bits per heavy atom. The summed E-state index contributed by atoms with van der Waals surface area (Å²) in [5.74, 6) is 0. The summed E-state index contributed by atoms with van der Waals surface area (Å²) in [6, 6.07) is 18.9. The number of hydrogen-bond acceptors (Lipinski definition) is 1. The minimum absolute atomic E-state index is 0. The lowest BCUT2D eigenvalue weighted by Crippen LogP contribution is -3.00. The molecule has 2 aromatic carbocycles. The first kappa shape index (κ1) is 16.0. The van der Waals surface area contributed by atoms with Gasteiger partial charge in [-0.05, 0) is 30.5 Å². The summed E-state index contributed by atoms with van der Waals surface area (Å²) < 4.78 is 0. The molecule has 0 spiro atoms. The average molecular weight is 295 g/mol. The Hall–Kier alpha value is -1.02. The fourth-order valence-electron chi connectivity index (χ4n) is 1.97. The molecule has 0 saturated heterocycles. The van der Waals surface area contributed by atoms with Crippen molar-refractivity contribution >= 4 is 11.6 Å². The van der Waals surface area contributed by atoms with Crippen molar-refractivity contribution in [2.75, 3.05) is 0 Å². The Morgan fingerprint density at radius 2 is 1.63 bits per heavy atom. The molecule has 102 valence electrons. The number of halogens is 2. The van der Waals surface area contributed by atoms with E-state index in [9.17, 15) is 0 Å². The summed E-state index contributed by atoms with van der Waals surface area (Å²) in [7, 11) is 0. The molecule has 0 heterocycles. The third-order valence-electron chi connectivity index (χ3n) is 2.98. The van der Waals surface area contributed by atoms with Gasteiger partial charge in [-0.3, -0.25) is 0 Å². The van der Waals surface area contributed by atoms with Crippen LogP contribution in [-0.2, 0) is 13.0 Å². The molecule has 0 aliphatic heterocycles. The lowest BCUT2D eigenvalue weighted by atomic mass is 10.1. The van der Waals surface area contributed by atoms with Gasteiger partial charge in [-0.1, -0.05) is 60.1 Å². The molecule has 3 heteroatoms. The summed E-state index contributed by atoms with van der Waals surface area (Å²) >= 11 is 6.13. The van der Waals surface area contributed by atoms with Crippen LogP contribution in [-0.4, -0.2) is 6.04 Å². The van der Waals surface area contributed by atoms with E-state index < -0.39 is 0 Å². The van der Waals surface area contributed by atoms with Crippen LogP contribution in [0.2, 0.25) is 5.02 Å². The zero-order valence-electron chi connectivity index (χ0n) is 10.9. The Morgan fingerprint density at radius 3 is 2.32 bits per heavy atom. The Bertz CT molecular complexity index is 485. The summed E-state index contributed by atoms with van der Waals surface area (Å²) in [6.45, 7) is 3.01. The molecule has 0 amide bonds. The van der Waals surface area contributed by atoms with Crippen molar-refractivity contribution in [3.63, 3.8) is 0 Å². The fraction of sp³-hybridized carbons (Fsp3) is 0.250. The molecule has 0 aliphatic carbocycles. The highest BCUT2D eigenvalue weighted by molar-refractivity contribution is 6.31. The third-order valence-corrected chi connectivity index (χ3v) is 3.35. The first-order valence-electron chi connectivity index (χ1n) is 6.26. The summed E-state index contributed by atoms with van der Waals surface area (Å²) in [5, 5.41) is 4.33. The predicted octanol–water partition coefficient (Wildman–Crippen LogP) is 1.06. The van der Waals surface area contributed by atoms with Gasteiger partial charge in [-0.25, -0.2) is 0 Å². The van der Waals surface area contributed by atoms with E-state index in [1.807, 2.05) is 24.3 Å². The number of hydrogen-bond donors (Lipinski definition) is 1. The smallest absolute Gasteiger partial charge is 0.0450 e. The monoisotopic (exact) mass is 294 g/mol. The lowest BCUT2D eigenvalue weighted by molar-refractivity contribution is -0.00000374. The van der Waals surface area contributed by atoms with Gasteiger partial charge in [0, 0.05) is 17.6 Å². The molecule has 2 rings (SSSR count). The van der Waals surface area contributed by atoms with Crippen molar-refractivity contribution in [1.29, 1.82) is 0 Å². The number of rotatable bonds is 5.